The molecule has 0 bridgehead atoms. The van der Waals surface area contributed by atoms with Gasteiger partial charge in [0.15, 0.2) is 11.5 Å². The van der Waals surface area contributed by atoms with Crippen LogP contribution in [0.15, 0.2) is 30.5 Å². The average Bonchev–Trinajstić information content (AvgIpc) is 2.65. The SMILES string of the molecule is COc1cccc(-c2ccnn2C)c1O. The second-order valence-electron chi connectivity index (χ2n) is 3.20. The summed E-state index contributed by atoms with van der Waals surface area (Å²) in [6.07, 6.45) is 1.69. The predicted octanol–water partition coefficient (Wildman–Crippen LogP) is 1.80. The maximum Gasteiger partial charge on any atom is 0.167 e. The lowest BCUT2D eigenvalue weighted by atomic mass is 10.1. The van der Waals surface area contributed by atoms with Crippen LogP contribution in [0, 0.1) is 0 Å². The van der Waals surface area contributed by atoms with E-state index >= 15 is 0 Å². The van der Waals surface area contributed by atoms with Gasteiger partial charge in [0.25, 0.3) is 0 Å². The summed E-state index contributed by atoms with van der Waals surface area (Å²) in [4.78, 5) is 0. The van der Waals surface area contributed by atoms with Gasteiger partial charge in [0.1, 0.15) is 0 Å². The molecule has 0 aliphatic carbocycles. The molecule has 0 atom stereocenters. The molecule has 2 rings (SSSR count). The van der Waals surface area contributed by atoms with Gasteiger partial charge in [0, 0.05) is 18.8 Å². The van der Waals surface area contributed by atoms with Crippen LogP contribution >= 0.6 is 0 Å². The van der Waals surface area contributed by atoms with Gasteiger partial charge >= 0.3 is 0 Å². The van der Waals surface area contributed by atoms with Crippen molar-refractivity contribution in [3.05, 3.63) is 30.5 Å². The molecule has 1 aromatic heterocycles. The summed E-state index contributed by atoms with van der Waals surface area (Å²) in [6.45, 7) is 0. The van der Waals surface area contributed by atoms with Crippen LogP contribution in [-0.4, -0.2) is 22.0 Å². The number of ether oxygens (including phenoxy) is 1. The van der Waals surface area contributed by atoms with Gasteiger partial charge in [-0.1, -0.05) is 6.07 Å². The quantitative estimate of drug-likeness (QED) is 0.811. The summed E-state index contributed by atoms with van der Waals surface area (Å²) in [5, 5.41) is 14.0. The summed E-state index contributed by atoms with van der Waals surface area (Å²) in [6, 6.07) is 7.22. The first kappa shape index (κ1) is 9.58. The number of nitrogens with zero attached hydrogens (tertiary/aromatic N) is 2. The first-order chi connectivity index (χ1) is 7.24. The molecule has 4 nitrogen and oxygen atoms in total. The molecular weight excluding hydrogens is 192 g/mol. The number of methoxy groups -OCH3 is 1. The van der Waals surface area contributed by atoms with E-state index in [-0.39, 0.29) is 5.75 Å². The van der Waals surface area contributed by atoms with Crippen molar-refractivity contribution in [1.82, 2.24) is 9.78 Å². The Kier molecular flexibility index (Phi) is 2.33. The van der Waals surface area contributed by atoms with Gasteiger partial charge in [0.2, 0.25) is 0 Å². The molecule has 0 saturated heterocycles. The molecule has 0 spiro atoms. The fraction of sp³-hybridized carbons (Fsp3) is 0.182. The normalized spacial score (nSPS) is 10.3. The molecule has 1 aromatic carbocycles. The van der Waals surface area contributed by atoms with Gasteiger partial charge in [-0.3, -0.25) is 4.68 Å². The first-order valence-electron chi connectivity index (χ1n) is 4.58. The van der Waals surface area contributed by atoms with E-state index < -0.39 is 0 Å². The molecule has 4 heteroatoms. The van der Waals surface area contributed by atoms with Crippen molar-refractivity contribution in [2.75, 3.05) is 7.11 Å². The third-order valence-electron chi connectivity index (χ3n) is 2.32. The number of hydrogen-bond acceptors (Lipinski definition) is 3. The number of aryl methyl sites for hydroxylation is 1. The van der Waals surface area contributed by atoms with Gasteiger partial charge in [-0.05, 0) is 18.2 Å². The van der Waals surface area contributed by atoms with Crippen LogP contribution in [0.25, 0.3) is 11.3 Å². The Balaban J connectivity index is 2.59. The largest absolute Gasteiger partial charge is 0.504 e. The van der Waals surface area contributed by atoms with Gasteiger partial charge in [0.05, 0.1) is 12.8 Å². The minimum atomic E-state index is 0.142. The number of benzene rings is 1. The standard InChI is InChI=1S/C11H12N2O2/c1-13-9(6-7-12-13)8-4-3-5-10(15-2)11(8)14/h3-7,14H,1-2H3. The highest BCUT2D eigenvalue weighted by Crippen LogP contribution is 2.36. The summed E-state index contributed by atoms with van der Waals surface area (Å²) in [7, 11) is 3.36. The van der Waals surface area contributed by atoms with Crippen molar-refractivity contribution in [1.29, 1.82) is 0 Å². The third-order valence-corrected chi connectivity index (χ3v) is 2.32. The monoisotopic (exact) mass is 204 g/mol. The van der Waals surface area contributed by atoms with Crippen molar-refractivity contribution in [2.24, 2.45) is 7.05 Å². The molecule has 0 radical (unpaired) electrons. The van der Waals surface area contributed by atoms with E-state index in [1.165, 1.54) is 7.11 Å². The molecule has 0 saturated carbocycles. The van der Waals surface area contributed by atoms with Crippen LogP contribution in [0.3, 0.4) is 0 Å². The van der Waals surface area contributed by atoms with E-state index in [2.05, 4.69) is 5.10 Å². The molecule has 1 N–H and O–H groups in total. The highest BCUT2D eigenvalue weighted by Gasteiger charge is 2.11. The fourth-order valence-electron chi connectivity index (χ4n) is 1.53. The van der Waals surface area contributed by atoms with E-state index in [4.69, 9.17) is 4.74 Å². The minimum Gasteiger partial charge on any atom is -0.504 e. The smallest absolute Gasteiger partial charge is 0.167 e. The van der Waals surface area contributed by atoms with E-state index in [9.17, 15) is 5.11 Å². The Morgan fingerprint density at radius 1 is 1.33 bits per heavy atom. The number of phenolic OH excluding ortho intramolecular Hbond substituents is 1. The van der Waals surface area contributed by atoms with Crippen LogP contribution < -0.4 is 4.74 Å². The Morgan fingerprint density at radius 2 is 2.13 bits per heavy atom. The molecule has 78 valence electrons. The number of aromatic nitrogens is 2. The zero-order valence-electron chi connectivity index (χ0n) is 8.64. The number of aromatic hydroxyl groups is 1. The van der Waals surface area contributed by atoms with Crippen molar-refractivity contribution >= 4 is 0 Å². The minimum absolute atomic E-state index is 0.142. The Hall–Kier alpha value is -1.97. The van der Waals surface area contributed by atoms with Crippen molar-refractivity contribution < 1.29 is 9.84 Å². The maximum absolute atomic E-state index is 9.92. The molecule has 1 heterocycles. The van der Waals surface area contributed by atoms with Gasteiger partial charge in [-0.25, -0.2) is 0 Å². The second kappa shape index (κ2) is 3.65. The molecular formula is C11H12N2O2. The Morgan fingerprint density at radius 3 is 2.73 bits per heavy atom. The Bertz CT molecular complexity index is 477. The number of hydrogen-bond donors (Lipinski definition) is 1. The Labute approximate surface area is 87.7 Å². The van der Waals surface area contributed by atoms with Gasteiger partial charge in [-0.15, -0.1) is 0 Å². The molecule has 0 aliphatic rings. The molecule has 0 fully saturated rings. The summed E-state index contributed by atoms with van der Waals surface area (Å²) < 4.78 is 6.75. The fourth-order valence-corrected chi connectivity index (χ4v) is 1.53. The van der Waals surface area contributed by atoms with Gasteiger partial charge in [-0.2, -0.15) is 5.10 Å². The van der Waals surface area contributed by atoms with Crippen LogP contribution in [0.5, 0.6) is 11.5 Å². The highest BCUT2D eigenvalue weighted by atomic mass is 16.5. The lowest BCUT2D eigenvalue weighted by Gasteiger charge is -2.08. The van der Waals surface area contributed by atoms with Crippen LogP contribution in [0.2, 0.25) is 0 Å². The summed E-state index contributed by atoms with van der Waals surface area (Å²) >= 11 is 0. The van der Waals surface area contributed by atoms with E-state index in [1.807, 2.05) is 25.2 Å². The van der Waals surface area contributed by atoms with Crippen molar-refractivity contribution in [3.63, 3.8) is 0 Å². The lowest BCUT2D eigenvalue weighted by molar-refractivity contribution is 0.374. The number of rotatable bonds is 2. The van der Waals surface area contributed by atoms with E-state index in [0.29, 0.717) is 11.3 Å². The van der Waals surface area contributed by atoms with E-state index in [1.54, 1.807) is 16.9 Å². The second-order valence-corrected chi connectivity index (χ2v) is 3.20. The molecule has 0 aliphatic heterocycles. The number of para-hydroxylation sites is 1. The predicted molar refractivity (Wildman–Crippen MR) is 56.9 cm³/mol. The summed E-state index contributed by atoms with van der Waals surface area (Å²) in [5.41, 5.74) is 1.57. The maximum atomic E-state index is 9.92. The van der Waals surface area contributed by atoms with Crippen LogP contribution in [0.1, 0.15) is 0 Å². The average molecular weight is 204 g/mol. The molecule has 0 amide bonds. The third kappa shape index (κ3) is 1.54. The molecule has 0 unspecified atom stereocenters. The van der Waals surface area contributed by atoms with E-state index in [0.717, 1.165) is 5.69 Å². The first-order valence-corrected chi connectivity index (χ1v) is 4.58. The highest BCUT2D eigenvalue weighted by molar-refractivity contribution is 5.70. The number of phenols is 1. The van der Waals surface area contributed by atoms with Crippen LogP contribution in [-0.2, 0) is 7.05 Å². The zero-order chi connectivity index (χ0) is 10.8. The van der Waals surface area contributed by atoms with Gasteiger partial charge < -0.3 is 9.84 Å². The lowest BCUT2D eigenvalue weighted by Crippen LogP contribution is -1.94. The van der Waals surface area contributed by atoms with Crippen LogP contribution in [0.4, 0.5) is 0 Å². The molecule has 2 aromatic rings. The topological polar surface area (TPSA) is 47.3 Å². The van der Waals surface area contributed by atoms with Crippen molar-refractivity contribution in [3.8, 4) is 22.8 Å². The summed E-state index contributed by atoms with van der Waals surface area (Å²) in [5.74, 6) is 0.609. The zero-order valence-corrected chi connectivity index (χ0v) is 8.64. The molecule has 15 heavy (non-hydrogen) atoms. The van der Waals surface area contributed by atoms with Crippen molar-refractivity contribution in [2.45, 2.75) is 0 Å².